The van der Waals surface area contributed by atoms with Gasteiger partial charge in [-0.25, -0.2) is 0 Å². The molecule has 0 spiro atoms. The summed E-state index contributed by atoms with van der Waals surface area (Å²) in [6.45, 7) is 0. The summed E-state index contributed by atoms with van der Waals surface area (Å²) in [6, 6.07) is 6.50. The molecular weight excluding hydrogens is 143 g/mol. The lowest BCUT2D eigenvalue weighted by Gasteiger charge is -2.04. The molecule has 0 saturated carbocycles. The second-order valence-electron chi connectivity index (χ2n) is 2.15. The number of para-hydroxylation sites is 1. The SMILES string of the molecule is COB(O)c1ccccc1O. The highest BCUT2D eigenvalue weighted by atomic mass is 16.5. The van der Waals surface area contributed by atoms with Gasteiger partial charge in [-0.2, -0.15) is 0 Å². The van der Waals surface area contributed by atoms with Crippen LogP contribution in [0.1, 0.15) is 0 Å². The molecule has 0 aliphatic rings. The Bertz CT molecular complexity index is 239. The van der Waals surface area contributed by atoms with Gasteiger partial charge in [0.25, 0.3) is 0 Å². The maximum atomic E-state index is 9.17. The third kappa shape index (κ3) is 1.72. The second kappa shape index (κ2) is 3.41. The first-order chi connectivity index (χ1) is 5.25. The molecule has 2 N–H and O–H groups in total. The molecule has 11 heavy (non-hydrogen) atoms. The Morgan fingerprint density at radius 2 is 2.00 bits per heavy atom. The van der Waals surface area contributed by atoms with Crippen LogP contribution in [0, 0.1) is 0 Å². The molecule has 0 radical (unpaired) electrons. The molecule has 0 atom stereocenters. The normalized spacial score (nSPS) is 9.64. The zero-order chi connectivity index (χ0) is 8.27. The van der Waals surface area contributed by atoms with Gasteiger partial charge in [0.1, 0.15) is 5.75 Å². The smallest absolute Gasteiger partial charge is 0.494 e. The number of phenolic OH excluding ortho intramolecular Hbond substituents is 1. The Balaban J connectivity index is 2.93. The van der Waals surface area contributed by atoms with E-state index in [-0.39, 0.29) is 5.75 Å². The standard InChI is InChI=1S/C7H9BO3/c1-11-8(10)6-4-2-3-5-7(6)9/h2-5,9-10H,1H3. The van der Waals surface area contributed by atoms with Gasteiger partial charge < -0.3 is 14.8 Å². The van der Waals surface area contributed by atoms with Crippen LogP contribution >= 0.6 is 0 Å². The molecule has 0 aliphatic heterocycles. The molecule has 0 heterocycles. The van der Waals surface area contributed by atoms with E-state index in [1.165, 1.54) is 13.2 Å². The van der Waals surface area contributed by atoms with E-state index in [1.54, 1.807) is 18.2 Å². The summed E-state index contributed by atoms with van der Waals surface area (Å²) in [7, 11) is 0.327. The van der Waals surface area contributed by atoms with Crippen LogP contribution < -0.4 is 5.46 Å². The molecule has 4 heteroatoms. The van der Waals surface area contributed by atoms with Crippen LogP contribution in [0.25, 0.3) is 0 Å². The fourth-order valence-electron chi connectivity index (χ4n) is 0.823. The van der Waals surface area contributed by atoms with E-state index in [0.717, 1.165) is 0 Å². The molecule has 1 aromatic rings. The summed E-state index contributed by atoms with van der Waals surface area (Å²) in [5.74, 6) is 0.0434. The van der Waals surface area contributed by atoms with E-state index < -0.39 is 7.12 Å². The monoisotopic (exact) mass is 152 g/mol. The van der Waals surface area contributed by atoms with E-state index in [0.29, 0.717) is 5.46 Å². The Labute approximate surface area is 65.4 Å². The molecular formula is C7H9BO3. The Morgan fingerprint density at radius 3 is 2.55 bits per heavy atom. The van der Waals surface area contributed by atoms with Crippen molar-refractivity contribution in [1.82, 2.24) is 0 Å². The van der Waals surface area contributed by atoms with Gasteiger partial charge in [-0.1, -0.05) is 18.2 Å². The van der Waals surface area contributed by atoms with Crippen LogP contribution in [-0.2, 0) is 4.65 Å². The van der Waals surface area contributed by atoms with Gasteiger partial charge in [0.2, 0.25) is 0 Å². The summed E-state index contributed by atoms with van der Waals surface area (Å²) < 4.78 is 4.61. The third-order valence-electron chi connectivity index (χ3n) is 1.43. The third-order valence-corrected chi connectivity index (χ3v) is 1.43. The maximum Gasteiger partial charge on any atom is 0.494 e. The summed E-state index contributed by atoms with van der Waals surface area (Å²) in [5.41, 5.74) is 0.384. The van der Waals surface area contributed by atoms with Crippen molar-refractivity contribution in [2.24, 2.45) is 0 Å². The van der Waals surface area contributed by atoms with Crippen LogP contribution in [-0.4, -0.2) is 24.4 Å². The average molecular weight is 152 g/mol. The molecule has 0 saturated heterocycles. The number of hydrogen-bond acceptors (Lipinski definition) is 3. The lowest BCUT2D eigenvalue weighted by Crippen LogP contribution is -2.32. The second-order valence-corrected chi connectivity index (χ2v) is 2.15. The summed E-state index contributed by atoms with van der Waals surface area (Å²) >= 11 is 0. The molecule has 0 aliphatic carbocycles. The van der Waals surface area contributed by atoms with Crippen LogP contribution in [0.3, 0.4) is 0 Å². The number of hydrogen-bond donors (Lipinski definition) is 2. The first-order valence-corrected chi connectivity index (χ1v) is 3.24. The highest BCUT2D eigenvalue weighted by molar-refractivity contribution is 6.60. The van der Waals surface area contributed by atoms with Crippen molar-refractivity contribution in [3.8, 4) is 5.75 Å². The first kappa shape index (κ1) is 8.10. The van der Waals surface area contributed by atoms with Gasteiger partial charge in [-0.15, -0.1) is 0 Å². The minimum absolute atomic E-state index is 0.0434. The van der Waals surface area contributed by atoms with Gasteiger partial charge in [-0.3, -0.25) is 0 Å². The van der Waals surface area contributed by atoms with Crippen LogP contribution in [0.2, 0.25) is 0 Å². The predicted octanol–water partition coefficient (Wildman–Crippen LogP) is -0.274. The Hall–Kier alpha value is -0.995. The van der Waals surface area contributed by atoms with Gasteiger partial charge in [0.15, 0.2) is 0 Å². The zero-order valence-corrected chi connectivity index (χ0v) is 6.19. The van der Waals surface area contributed by atoms with Crippen molar-refractivity contribution >= 4 is 12.6 Å². The zero-order valence-electron chi connectivity index (χ0n) is 6.19. The molecule has 3 nitrogen and oxygen atoms in total. The van der Waals surface area contributed by atoms with Crippen molar-refractivity contribution in [2.75, 3.05) is 7.11 Å². The number of aromatic hydroxyl groups is 1. The number of rotatable bonds is 2. The van der Waals surface area contributed by atoms with Crippen LogP contribution in [0.15, 0.2) is 24.3 Å². The van der Waals surface area contributed by atoms with Gasteiger partial charge in [0, 0.05) is 12.6 Å². The topological polar surface area (TPSA) is 49.7 Å². The first-order valence-electron chi connectivity index (χ1n) is 3.24. The van der Waals surface area contributed by atoms with E-state index >= 15 is 0 Å². The molecule has 0 aromatic heterocycles. The van der Waals surface area contributed by atoms with Crippen molar-refractivity contribution in [2.45, 2.75) is 0 Å². The Morgan fingerprint density at radius 1 is 1.36 bits per heavy atom. The number of benzene rings is 1. The van der Waals surface area contributed by atoms with Crippen molar-refractivity contribution in [3.63, 3.8) is 0 Å². The largest absolute Gasteiger partial charge is 0.508 e. The van der Waals surface area contributed by atoms with Crippen molar-refractivity contribution in [1.29, 1.82) is 0 Å². The lowest BCUT2D eigenvalue weighted by atomic mass is 9.79. The predicted molar refractivity (Wildman–Crippen MR) is 42.7 cm³/mol. The van der Waals surface area contributed by atoms with Crippen LogP contribution in [0.5, 0.6) is 5.75 Å². The fourth-order valence-corrected chi connectivity index (χ4v) is 0.823. The van der Waals surface area contributed by atoms with Crippen molar-refractivity contribution < 1.29 is 14.8 Å². The van der Waals surface area contributed by atoms with Gasteiger partial charge in [-0.05, 0) is 6.07 Å². The van der Waals surface area contributed by atoms with Crippen LogP contribution in [0.4, 0.5) is 0 Å². The minimum atomic E-state index is -1.05. The molecule has 1 rings (SSSR count). The van der Waals surface area contributed by atoms with E-state index in [9.17, 15) is 5.11 Å². The maximum absolute atomic E-state index is 9.17. The highest BCUT2D eigenvalue weighted by Crippen LogP contribution is 2.03. The van der Waals surface area contributed by atoms with Gasteiger partial charge >= 0.3 is 7.12 Å². The molecule has 0 fully saturated rings. The highest BCUT2D eigenvalue weighted by Gasteiger charge is 2.17. The van der Waals surface area contributed by atoms with E-state index in [2.05, 4.69) is 4.65 Å². The quantitative estimate of drug-likeness (QED) is 0.573. The van der Waals surface area contributed by atoms with Gasteiger partial charge in [0.05, 0.1) is 0 Å². The molecule has 1 aromatic carbocycles. The van der Waals surface area contributed by atoms with E-state index in [4.69, 9.17) is 5.02 Å². The molecule has 0 bridgehead atoms. The lowest BCUT2D eigenvalue weighted by molar-refractivity contribution is 0.339. The van der Waals surface area contributed by atoms with E-state index in [1.807, 2.05) is 0 Å². The molecule has 58 valence electrons. The molecule has 0 amide bonds. The summed E-state index contributed by atoms with van der Waals surface area (Å²) in [6.07, 6.45) is 0. The summed E-state index contributed by atoms with van der Waals surface area (Å²) in [4.78, 5) is 0. The fraction of sp³-hybridized carbons (Fsp3) is 0.143. The Kier molecular flexibility index (Phi) is 2.51. The number of phenols is 1. The average Bonchev–Trinajstić information content (AvgIpc) is 2.04. The van der Waals surface area contributed by atoms with Crippen molar-refractivity contribution in [3.05, 3.63) is 24.3 Å². The minimum Gasteiger partial charge on any atom is -0.508 e. The molecule has 0 unspecified atom stereocenters. The summed E-state index contributed by atoms with van der Waals surface area (Å²) in [5, 5.41) is 18.3.